The van der Waals surface area contributed by atoms with Gasteiger partial charge in [0.2, 0.25) is 0 Å². The number of anilines is 1. The van der Waals surface area contributed by atoms with Gasteiger partial charge in [-0.1, -0.05) is 42.5 Å². The molecule has 0 fully saturated rings. The molecule has 0 radical (unpaired) electrons. The number of aromatic nitrogens is 2. The number of nitrogens with zero attached hydrogens (tertiary/aromatic N) is 2. The van der Waals surface area contributed by atoms with Gasteiger partial charge in [0, 0.05) is 29.8 Å². The standard InChI is InChI=1S/C20H21FN4O/c1-13(26)16-8-7-15(9-17(16)21)19-10-20(25-12-24-19)23-11-18(22)14-5-3-2-4-6-14/h2-10,12-13,18,26H,11,22H2,1H3,(H,23,24,25). The molecule has 0 saturated heterocycles. The van der Waals surface area contributed by atoms with Crippen molar-refractivity contribution in [2.75, 3.05) is 11.9 Å². The Morgan fingerprint density at radius 2 is 1.88 bits per heavy atom. The van der Waals surface area contributed by atoms with Crippen LogP contribution in [0.4, 0.5) is 10.2 Å². The highest BCUT2D eigenvalue weighted by atomic mass is 19.1. The van der Waals surface area contributed by atoms with E-state index in [1.54, 1.807) is 18.2 Å². The summed E-state index contributed by atoms with van der Waals surface area (Å²) in [5.41, 5.74) is 8.67. The average Bonchev–Trinajstić information content (AvgIpc) is 2.66. The zero-order valence-electron chi connectivity index (χ0n) is 14.4. The van der Waals surface area contributed by atoms with Gasteiger partial charge in [0.25, 0.3) is 0 Å². The van der Waals surface area contributed by atoms with Crippen molar-refractivity contribution in [3.63, 3.8) is 0 Å². The Balaban J connectivity index is 1.73. The molecule has 26 heavy (non-hydrogen) atoms. The Hall–Kier alpha value is -2.83. The van der Waals surface area contributed by atoms with Crippen LogP contribution in [-0.2, 0) is 0 Å². The number of hydrogen-bond donors (Lipinski definition) is 3. The lowest BCUT2D eigenvalue weighted by Crippen LogP contribution is -2.20. The van der Waals surface area contributed by atoms with Crippen LogP contribution in [0.25, 0.3) is 11.3 Å². The monoisotopic (exact) mass is 352 g/mol. The highest BCUT2D eigenvalue weighted by Crippen LogP contribution is 2.24. The lowest BCUT2D eigenvalue weighted by atomic mass is 10.0. The molecule has 2 unspecified atom stereocenters. The van der Waals surface area contributed by atoms with Gasteiger partial charge < -0.3 is 16.2 Å². The third-order valence-corrected chi connectivity index (χ3v) is 4.14. The van der Waals surface area contributed by atoms with E-state index >= 15 is 0 Å². The lowest BCUT2D eigenvalue weighted by molar-refractivity contribution is 0.194. The van der Waals surface area contributed by atoms with Crippen molar-refractivity contribution in [3.05, 3.63) is 77.9 Å². The Morgan fingerprint density at radius 3 is 2.58 bits per heavy atom. The van der Waals surface area contributed by atoms with E-state index in [0.29, 0.717) is 23.6 Å². The highest BCUT2D eigenvalue weighted by Gasteiger charge is 2.11. The molecule has 3 rings (SSSR count). The van der Waals surface area contributed by atoms with Crippen LogP contribution < -0.4 is 11.1 Å². The summed E-state index contributed by atoms with van der Waals surface area (Å²) in [4.78, 5) is 8.39. The molecule has 0 aliphatic rings. The van der Waals surface area contributed by atoms with Gasteiger partial charge in [-0.2, -0.15) is 0 Å². The number of aliphatic hydroxyl groups is 1. The van der Waals surface area contributed by atoms with Gasteiger partial charge in [0.05, 0.1) is 11.8 Å². The molecule has 2 aromatic carbocycles. The van der Waals surface area contributed by atoms with E-state index in [0.717, 1.165) is 5.56 Å². The molecule has 1 aromatic heterocycles. The first-order valence-electron chi connectivity index (χ1n) is 8.39. The predicted octanol–water partition coefficient (Wildman–Crippen LogP) is 3.45. The third kappa shape index (κ3) is 4.22. The molecular weight excluding hydrogens is 331 g/mol. The second-order valence-corrected chi connectivity index (χ2v) is 6.10. The minimum atomic E-state index is -0.855. The minimum absolute atomic E-state index is 0.169. The smallest absolute Gasteiger partial charge is 0.130 e. The SMILES string of the molecule is CC(O)c1ccc(-c2cc(NCC(N)c3ccccc3)ncn2)cc1F. The maximum Gasteiger partial charge on any atom is 0.130 e. The summed E-state index contributed by atoms with van der Waals surface area (Å²) < 4.78 is 14.1. The number of aliphatic hydroxyl groups excluding tert-OH is 1. The van der Waals surface area contributed by atoms with Crippen LogP contribution in [-0.4, -0.2) is 21.6 Å². The molecule has 134 valence electrons. The number of nitrogens with two attached hydrogens (primary N) is 1. The van der Waals surface area contributed by atoms with Crippen molar-refractivity contribution < 1.29 is 9.50 Å². The first-order chi connectivity index (χ1) is 12.5. The largest absolute Gasteiger partial charge is 0.389 e. The second-order valence-electron chi connectivity index (χ2n) is 6.10. The Morgan fingerprint density at radius 1 is 1.12 bits per heavy atom. The Labute approximate surface area is 151 Å². The topological polar surface area (TPSA) is 84.1 Å². The molecule has 0 aliphatic heterocycles. The molecule has 0 saturated carbocycles. The molecule has 5 nitrogen and oxygen atoms in total. The quantitative estimate of drug-likeness (QED) is 0.633. The molecule has 2 atom stereocenters. The number of nitrogens with one attached hydrogen (secondary N) is 1. The zero-order valence-corrected chi connectivity index (χ0v) is 14.4. The van der Waals surface area contributed by atoms with Crippen molar-refractivity contribution >= 4 is 5.82 Å². The summed E-state index contributed by atoms with van der Waals surface area (Å²) in [7, 11) is 0. The Bertz CT molecular complexity index is 871. The van der Waals surface area contributed by atoms with E-state index in [4.69, 9.17) is 5.73 Å². The summed E-state index contributed by atoms with van der Waals surface area (Å²) in [5, 5.41) is 12.7. The van der Waals surface area contributed by atoms with Gasteiger partial charge in [-0.25, -0.2) is 14.4 Å². The normalized spacial score (nSPS) is 13.2. The summed E-state index contributed by atoms with van der Waals surface area (Å²) in [5.74, 6) is 0.151. The zero-order chi connectivity index (χ0) is 18.5. The van der Waals surface area contributed by atoms with Crippen molar-refractivity contribution in [3.8, 4) is 11.3 Å². The van der Waals surface area contributed by atoms with Crippen LogP contribution in [0.5, 0.6) is 0 Å². The summed E-state index contributed by atoms with van der Waals surface area (Å²) in [6.45, 7) is 2.04. The molecule has 3 aromatic rings. The number of hydrogen-bond acceptors (Lipinski definition) is 5. The highest BCUT2D eigenvalue weighted by molar-refractivity contribution is 5.62. The molecule has 0 amide bonds. The van der Waals surface area contributed by atoms with Crippen LogP contribution in [0.3, 0.4) is 0 Å². The van der Waals surface area contributed by atoms with Gasteiger partial charge in [0.1, 0.15) is 18.0 Å². The molecule has 0 aliphatic carbocycles. The third-order valence-electron chi connectivity index (χ3n) is 4.14. The van der Waals surface area contributed by atoms with Gasteiger partial charge in [-0.3, -0.25) is 0 Å². The van der Waals surface area contributed by atoms with Crippen molar-refractivity contribution in [1.29, 1.82) is 0 Å². The number of rotatable bonds is 6. The predicted molar refractivity (Wildman–Crippen MR) is 99.9 cm³/mol. The maximum atomic E-state index is 14.1. The van der Waals surface area contributed by atoms with Crippen LogP contribution in [0, 0.1) is 5.82 Å². The summed E-state index contributed by atoms with van der Waals surface area (Å²) in [6.07, 6.45) is 0.567. The molecular formula is C20H21FN4O. The lowest BCUT2D eigenvalue weighted by Gasteiger charge is -2.14. The van der Waals surface area contributed by atoms with E-state index in [1.807, 2.05) is 30.3 Å². The van der Waals surface area contributed by atoms with E-state index in [2.05, 4.69) is 15.3 Å². The fourth-order valence-corrected chi connectivity index (χ4v) is 2.67. The van der Waals surface area contributed by atoms with Gasteiger partial charge in [0.15, 0.2) is 0 Å². The van der Waals surface area contributed by atoms with Crippen LogP contribution >= 0.6 is 0 Å². The average molecular weight is 352 g/mol. The van der Waals surface area contributed by atoms with Crippen LogP contribution in [0.2, 0.25) is 0 Å². The van der Waals surface area contributed by atoms with Gasteiger partial charge >= 0.3 is 0 Å². The molecule has 6 heteroatoms. The number of halogens is 1. The van der Waals surface area contributed by atoms with Crippen molar-refractivity contribution in [2.24, 2.45) is 5.73 Å². The summed E-state index contributed by atoms with van der Waals surface area (Å²) in [6, 6.07) is 16.0. The fraction of sp³-hybridized carbons (Fsp3) is 0.200. The molecule has 4 N–H and O–H groups in total. The molecule has 0 bridgehead atoms. The fourth-order valence-electron chi connectivity index (χ4n) is 2.67. The summed E-state index contributed by atoms with van der Waals surface area (Å²) >= 11 is 0. The van der Waals surface area contributed by atoms with E-state index in [9.17, 15) is 9.50 Å². The molecule has 1 heterocycles. The van der Waals surface area contributed by atoms with Gasteiger partial charge in [-0.05, 0) is 18.6 Å². The first-order valence-corrected chi connectivity index (χ1v) is 8.39. The Kier molecular flexibility index (Phi) is 5.55. The maximum absolute atomic E-state index is 14.1. The second kappa shape index (κ2) is 8.03. The van der Waals surface area contributed by atoms with E-state index in [-0.39, 0.29) is 11.6 Å². The van der Waals surface area contributed by atoms with Crippen molar-refractivity contribution in [1.82, 2.24) is 9.97 Å². The molecule has 0 spiro atoms. The number of benzene rings is 2. The van der Waals surface area contributed by atoms with Crippen molar-refractivity contribution in [2.45, 2.75) is 19.1 Å². The van der Waals surface area contributed by atoms with Gasteiger partial charge in [-0.15, -0.1) is 0 Å². The minimum Gasteiger partial charge on any atom is -0.389 e. The first kappa shape index (κ1) is 18.0. The van der Waals surface area contributed by atoms with E-state index < -0.39 is 11.9 Å². The van der Waals surface area contributed by atoms with Crippen LogP contribution in [0.15, 0.2) is 60.9 Å². The van der Waals surface area contributed by atoms with Crippen LogP contribution in [0.1, 0.15) is 30.2 Å². The van der Waals surface area contributed by atoms with E-state index in [1.165, 1.54) is 19.3 Å².